The molecule has 19 heavy (non-hydrogen) atoms. The maximum atomic E-state index is 11.9. The molecule has 0 aliphatic carbocycles. The molecule has 1 fully saturated rings. The Bertz CT molecular complexity index is 492. The first-order valence-electron chi connectivity index (χ1n) is 6.36. The highest BCUT2D eigenvalue weighted by molar-refractivity contribution is 5.88. The van der Waals surface area contributed by atoms with E-state index in [4.69, 9.17) is 19.9 Å². The van der Waals surface area contributed by atoms with Crippen molar-refractivity contribution in [3.8, 4) is 11.5 Å². The van der Waals surface area contributed by atoms with Gasteiger partial charge >= 0.3 is 6.09 Å². The molecular weight excluding hydrogens is 248 g/mol. The summed E-state index contributed by atoms with van der Waals surface area (Å²) in [6.45, 7) is 2.04. The van der Waals surface area contributed by atoms with Gasteiger partial charge in [0.05, 0.1) is 5.69 Å². The maximum Gasteiger partial charge on any atom is 0.414 e. The van der Waals surface area contributed by atoms with E-state index in [2.05, 4.69) is 0 Å². The fourth-order valence-electron chi connectivity index (χ4n) is 2.23. The molecular formula is C13H16N2O4. The van der Waals surface area contributed by atoms with Crippen LogP contribution >= 0.6 is 0 Å². The van der Waals surface area contributed by atoms with Crippen LogP contribution in [-0.4, -0.2) is 38.5 Å². The minimum atomic E-state index is -0.363. The largest absolute Gasteiger partial charge is 0.486 e. The van der Waals surface area contributed by atoms with Gasteiger partial charge in [-0.25, -0.2) is 4.79 Å². The number of ether oxygens (including phenoxy) is 3. The molecule has 6 heteroatoms. The van der Waals surface area contributed by atoms with Crippen LogP contribution in [0.2, 0.25) is 0 Å². The van der Waals surface area contributed by atoms with E-state index in [9.17, 15) is 4.79 Å². The van der Waals surface area contributed by atoms with Gasteiger partial charge in [0.1, 0.15) is 19.3 Å². The van der Waals surface area contributed by atoms with E-state index in [-0.39, 0.29) is 12.2 Å². The molecule has 0 saturated carbocycles. The number of amides is 1. The maximum absolute atomic E-state index is 11.9. The first-order chi connectivity index (χ1) is 9.28. The lowest BCUT2D eigenvalue weighted by Gasteiger charge is -2.31. The Morgan fingerprint density at radius 1 is 1.26 bits per heavy atom. The van der Waals surface area contributed by atoms with Gasteiger partial charge < -0.3 is 19.9 Å². The smallest absolute Gasteiger partial charge is 0.414 e. The molecule has 1 unspecified atom stereocenters. The molecule has 0 aromatic heterocycles. The molecule has 1 amide bonds. The molecule has 1 aromatic carbocycles. The lowest BCUT2D eigenvalue weighted by molar-refractivity contribution is 0.0887. The van der Waals surface area contributed by atoms with Crippen LogP contribution in [0.15, 0.2) is 18.2 Å². The van der Waals surface area contributed by atoms with Crippen molar-refractivity contribution < 1.29 is 19.0 Å². The minimum absolute atomic E-state index is 0.180. The predicted octanol–water partition coefficient (Wildman–Crippen LogP) is 1.13. The van der Waals surface area contributed by atoms with E-state index < -0.39 is 0 Å². The first kappa shape index (κ1) is 12.1. The van der Waals surface area contributed by atoms with Gasteiger partial charge in [0, 0.05) is 25.6 Å². The van der Waals surface area contributed by atoms with E-state index in [1.54, 1.807) is 11.0 Å². The molecule has 102 valence electrons. The molecule has 2 aliphatic heterocycles. The van der Waals surface area contributed by atoms with Gasteiger partial charge in [-0.2, -0.15) is 0 Å². The van der Waals surface area contributed by atoms with Crippen LogP contribution in [0.25, 0.3) is 0 Å². The summed E-state index contributed by atoms with van der Waals surface area (Å²) in [4.78, 5) is 13.5. The van der Waals surface area contributed by atoms with Crippen molar-refractivity contribution >= 4 is 11.8 Å². The Hall–Kier alpha value is -1.95. The lowest BCUT2D eigenvalue weighted by Crippen LogP contribution is -2.44. The highest BCUT2D eigenvalue weighted by Gasteiger charge is 2.28. The fourth-order valence-corrected chi connectivity index (χ4v) is 2.23. The van der Waals surface area contributed by atoms with E-state index in [0.29, 0.717) is 37.8 Å². The zero-order chi connectivity index (χ0) is 13.2. The monoisotopic (exact) mass is 264 g/mol. The molecule has 2 heterocycles. The summed E-state index contributed by atoms with van der Waals surface area (Å²) in [7, 11) is 0. The topological polar surface area (TPSA) is 74.0 Å². The summed E-state index contributed by atoms with van der Waals surface area (Å²) in [5.74, 6) is 1.37. The van der Waals surface area contributed by atoms with Crippen molar-refractivity contribution in [2.45, 2.75) is 12.5 Å². The van der Waals surface area contributed by atoms with Crippen molar-refractivity contribution in [2.24, 2.45) is 5.73 Å². The van der Waals surface area contributed by atoms with Crippen molar-refractivity contribution in [3.05, 3.63) is 18.2 Å². The standard InChI is InChI=1S/C13H16N2O4/c14-8-10-3-4-15(13(16)19-10)9-1-2-11-12(7-9)18-6-5-17-11/h1-2,7,10H,3-6,8,14H2. The highest BCUT2D eigenvalue weighted by atomic mass is 16.6. The third-order valence-electron chi connectivity index (χ3n) is 3.26. The van der Waals surface area contributed by atoms with Gasteiger partial charge in [0.25, 0.3) is 0 Å². The van der Waals surface area contributed by atoms with Crippen LogP contribution in [0.5, 0.6) is 11.5 Å². The first-order valence-corrected chi connectivity index (χ1v) is 6.36. The van der Waals surface area contributed by atoms with Crippen LogP contribution < -0.4 is 20.1 Å². The van der Waals surface area contributed by atoms with Gasteiger partial charge in [0.15, 0.2) is 11.5 Å². The third kappa shape index (κ3) is 2.31. The van der Waals surface area contributed by atoms with E-state index >= 15 is 0 Å². The number of cyclic esters (lactones) is 1. The summed E-state index contributed by atoms with van der Waals surface area (Å²) in [6, 6.07) is 5.45. The predicted molar refractivity (Wildman–Crippen MR) is 68.7 cm³/mol. The Kier molecular flexibility index (Phi) is 3.16. The summed E-state index contributed by atoms with van der Waals surface area (Å²) >= 11 is 0. The van der Waals surface area contributed by atoms with Crippen molar-refractivity contribution in [1.82, 2.24) is 0 Å². The Labute approximate surface area is 111 Å². The summed E-state index contributed by atoms with van der Waals surface area (Å²) in [5, 5.41) is 0. The van der Waals surface area contributed by atoms with Crippen LogP contribution in [0.1, 0.15) is 6.42 Å². The van der Waals surface area contributed by atoms with Crippen LogP contribution in [0, 0.1) is 0 Å². The number of benzene rings is 1. The quantitative estimate of drug-likeness (QED) is 0.866. The highest BCUT2D eigenvalue weighted by Crippen LogP contribution is 2.34. The van der Waals surface area contributed by atoms with Crippen LogP contribution in [-0.2, 0) is 4.74 Å². The van der Waals surface area contributed by atoms with E-state index in [1.165, 1.54) is 0 Å². The van der Waals surface area contributed by atoms with Gasteiger partial charge in [0.2, 0.25) is 0 Å². The second-order valence-corrected chi connectivity index (χ2v) is 4.51. The fraction of sp³-hybridized carbons (Fsp3) is 0.462. The summed E-state index contributed by atoms with van der Waals surface area (Å²) in [6.07, 6.45) is 0.191. The third-order valence-corrected chi connectivity index (χ3v) is 3.26. The molecule has 3 rings (SSSR count). The molecule has 2 aliphatic rings. The van der Waals surface area contributed by atoms with E-state index in [1.807, 2.05) is 12.1 Å². The number of nitrogens with two attached hydrogens (primary N) is 1. The summed E-state index contributed by atoms with van der Waals surface area (Å²) < 4.78 is 16.2. The summed E-state index contributed by atoms with van der Waals surface area (Å²) in [5.41, 5.74) is 6.26. The SMILES string of the molecule is NCC1CCN(c2ccc3c(c2)OCCO3)C(=O)O1. The average Bonchev–Trinajstić information content (AvgIpc) is 2.46. The molecule has 1 atom stereocenters. The van der Waals surface area contributed by atoms with Crippen molar-refractivity contribution in [1.29, 1.82) is 0 Å². The Morgan fingerprint density at radius 2 is 2.05 bits per heavy atom. The number of carbonyl (C=O) groups is 1. The Balaban J connectivity index is 1.80. The number of carbonyl (C=O) groups excluding carboxylic acids is 1. The number of nitrogens with zero attached hydrogens (tertiary/aromatic N) is 1. The number of fused-ring (bicyclic) bond motifs is 1. The zero-order valence-electron chi connectivity index (χ0n) is 10.5. The Morgan fingerprint density at radius 3 is 2.79 bits per heavy atom. The second kappa shape index (κ2) is 4.97. The molecule has 0 bridgehead atoms. The second-order valence-electron chi connectivity index (χ2n) is 4.51. The van der Waals surface area contributed by atoms with Gasteiger partial charge in [-0.15, -0.1) is 0 Å². The number of anilines is 1. The minimum Gasteiger partial charge on any atom is -0.486 e. The molecule has 0 radical (unpaired) electrons. The molecule has 1 saturated heterocycles. The van der Waals surface area contributed by atoms with E-state index in [0.717, 1.165) is 12.1 Å². The number of hydrogen-bond donors (Lipinski definition) is 1. The van der Waals surface area contributed by atoms with Crippen molar-refractivity contribution in [3.63, 3.8) is 0 Å². The van der Waals surface area contributed by atoms with Crippen LogP contribution in [0.3, 0.4) is 0 Å². The molecule has 1 aromatic rings. The number of hydrogen-bond acceptors (Lipinski definition) is 5. The van der Waals surface area contributed by atoms with Gasteiger partial charge in [-0.05, 0) is 12.1 Å². The number of rotatable bonds is 2. The van der Waals surface area contributed by atoms with Gasteiger partial charge in [-0.3, -0.25) is 4.90 Å². The molecule has 0 spiro atoms. The van der Waals surface area contributed by atoms with Gasteiger partial charge in [-0.1, -0.05) is 0 Å². The van der Waals surface area contributed by atoms with Crippen molar-refractivity contribution in [2.75, 3.05) is 31.2 Å². The molecule has 6 nitrogen and oxygen atoms in total. The van der Waals surface area contributed by atoms with Crippen LogP contribution in [0.4, 0.5) is 10.5 Å². The lowest BCUT2D eigenvalue weighted by atomic mass is 10.2. The average molecular weight is 264 g/mol. The normalized spacial score (nSPS) is 22.1. The zero-order valence-corrected chi connectivity index (χ0v) is 10.5. The molecule has 2 N–H and O–H groups in total.